The van der Waals surface area contributed by atoms with E-state index in [-0.39, 0.29) is 12.6 Å². The van der Waals surface area contributed by atoms with Crippen LogP contribution in [0.4, 0.5) is 5.69 Å². The molecule has 2 atom stereocenters. The van der Waals surface area contributed by atoms with Gasteiger partial charge in [-0.2, -0.15) is 0 Å². The number of rotatable bonds is 8. The van der Waals surface area contributed by atoms with Crippen molar-refractivity contribution in [2.75, 3.05) is 30.4 Å². The van der Waals surface area contributed by atoms with Gasteiger partial charge in [-0.3, -0.25) is 9.10 Å². The Hall–Kier alpha value is -2.94. The van der Waals surface area contributed by atoms with Crippen LogP contribution in [0.25, 0.3) is 0 Å². The summed E-state index contributed by atoms with van der Waals surface area (Å²) in [5, 5.41) is 2.83. The Bertz CT molecular complexity index is 1040. The largest absolute Gasteiger partial charge is 0.491 e. The maximum absolute atomic E-state index is 12.9. The first kappa shape index (κ1) is 22.7. The number of nitrogens with one attached hydrogen (secondary N) is 1. The van der Waals surface area contributed by atoms with Crippen LogP contribution in [0.15, 0.2) is 42.5 Å². The molecule has 1 N–H and O–H groups in total. The van der Waals surface area contributed by atoms with Crippen LogP contribution >= 0.6 is 0 Å². The average molecular weight is 449 g/mol. The maximum Gasteiger partial charge on any atom is 0.243 e. The predicted octanol–water partition coefficient (Wildman–Crippen LogP) is 2.50. The second-order valence-electron chi connectivity index (χ2n) is 7.55. The van der Waals surface area contributed by atoms with Crippen LogP contribution in [0.1, 0.15) is 19.4 Å². The van der Waals surface area contributed by atoms with E-state index in [1.165, 1.54) is 0 Å². The van der Waals surface area contributed by atoms with Crippen molar-refractivity contribution in [1.82, 2.24) is 5.32 Å². The molecule has 0 aliphatic carbocycles. The number of carbonyl (C=O) groups is 1. The van der Waals surface area contributed by atoms with E-state index in [0.29, 0.717) is 30.4 Å². The van der Waals surface area contributed by atoms with Crippen LogP contribution in [-0.4, -0.2) is 52.5 Å². The van der Waals surface area contributed by atoms with E-state index in [1.54, 1.807) is 32.0 Å². The second kappa shape index (κ2) is 9.47. The highest BCUT2D eigenvalue weighted by atomic mass is 32.2. The van der Waals surface area contributed by atoms with Gasteiger partial charge in [0.05, 0.1) is 18.0 Å². The van der Waals surface area contributed by atoms with Crippen molar-refractivity contribution in [2.24, 2.45) is 0 Å². The van der Waals surface area contributed by atoms with E-state index in [0.717, 1.165) is 21.9 Å². The Morgan fingerprint density at radius 3 is 2.48 bits per heavy atom. The lowest BCUT2D eigenvalue weighted by Crippen LogP contribution is -2.50. The average Bonchev–Trinajstić information content (AvgIpc) is 2.72. The van der Waals surface area contributed by atoms with E-state index >= 15 is 0 Å². The lowest BCUT2D eigenvalue weighted by molar-refractivity contribution is -0.122. The number of hydrogen-bond acceptors (Lipinski definition) is 6. The number of aryl methyl sites for hydroxylation is 1. The minimum absolute atomic E-state index is 0.256. The summed E-state index contributed by atoms with van der Waals surface area (Å²) in [4.78, 5) is 12.9. The minimum atomic E-state index is -3.74. The standard InChI is InChI=1S/C22H28N2O6S/c1-15-7-5-6-8-19(15)30-14-16(2)23-22(25)17(3)24(31(4,26)27)18-9-10-20-21(13-18)29-12-11-28-20/h5-10,13,16-17H,11-12,14H2,1-4H3,(H,23,25). The quantitative estimate of drug-likeness (QED) is 0.667. The zero-order valence-electron chi connectivity index (χ0n) is 18.1. The van der Waals surface area contributed by atoms with Gasteiger partial charge in [0.1, 0.15) is 31.6 Å². The smallest absolute Gasteiger partial charge is 0.243 e. The summed E-state index contributed by atoms with van der Waals surface area (Å²) >= 11 is 0. The third-order valence-corrected chi connectivity index (χ3v) is 6.08. The molecule has 31 heavy (non-hydrogen) atoms. The van der Waals surface area contributed by atoms with Crippen molar-refractivity contribution in [3.05, 3.63) is 48.0 Å². The number of fused-ring (bicyclic) bond motifs is 1. The summed E-state index contributed by atoms with van der Waals surface area (Å²) in [7, 11) is -3.74. The summed E-state index contributed by atoms with van der Waals surface area (Å²) in [5.41, 5.74) is 1.33. The van der Waals surface area contributed by atoms with Crippen LogP contribution in [0.3, 0.4) is 0 Å². The third kappa shape index (κ3) is 5.61. The highest BCUT2D eigenvalue weighted by Gasteiger charge is 2.31. The molecule has 2 aromatic rings. The van der Waals surface area contributed by atoms with Crippen LogP contribution in [0.5, 0.6) is 17.2 Å². The highest BCUT2D eigenvalue weighted by molar-refractivity contribution is 7.92. The van der Waals surface area contributed by atoms with Gasteiger partial charge < -0.3 is 19.5 Å². The van der Waals surface area contributed by atoms with E-state index < -0.39 is 22.0 Å². The van der Waals surface area contributed by atoms with Gasteiger partial charge in [-0.05, 0) is 44.5 Å². The van der Waals surface area contributed by atoms with Gasteiger partial charge >= 0.3 is 0 Å². The van der Waals surface area contributed by atoms with Gasteiger partial charge in [-0.25, -0.2) is 8.42 Å². The van der Waals surface area contributed by atoms with Crippen molar-refractivity contribution in [3.63, 3.8) is 0 Å². The van der Waals surface area contributed by atoms with Gasteiger partial charge in [0.15, 0.2) is 11.5 Å². The first-order chi connectivity index (χ1) is 14.7. The molecule has 0 aromatic heterocycles. The Labute approximate surface area is 183 Å². The fourth-order valence-electron chi connectivity index (χ4n) is 3.32. The number of nitrogens with zero attached hydrogens (tertiary/aromatic N) is 1. The molecule has 0 saturated heterocycles. The normalized spacial score (nSPS) is 15.0. The molecule has 0 spiro atoms. The molecule has 2 aromatic carbocycles. The molecule has 1 amide bonds. The van der Waals surface area contributed by atoms with Crippen molar-refractivity contribution in [3.8, 4) is 17.2 Å². The van der Waals surface area contributed by atoms with E-state index in [2.05, 4.69) is 5.32 Å². The number of ether oxygens (including phenoxy) is 3. The monoisotopic (exact) mass is 448 g/mol. The lowest BCUT2D eigenvalue weighted by atomic mass is 10.2. The fraction of sp³-hybridized carbons (Fsp3) is 0.409. The van der Waals surface area contributed by atoms with Crippen LogP contribution in [0.2, 0.25) is 0 Å². The minimum Gasteiger partial charge on any atom is -0.491 e. The second-order valence-corrected chi connectivity index (χ2v) is 9.41. The zero-order valence-corrected chi connectivity index (χ0v) is 18.9. The number of anilines is 1. The van der Waals surface area contributed by atoms with Gasteiger partial charge in [-0.15, -0.1) is 0 Å². The van der Waals surface area contributed by atoms with E-state index in [1.807, 2.05) is 31.2 Å². The molecule has 168 valence electrons. The number of para-hydroxylation sites is 1. The first-order valence-corrected chi connectivity index (χ1v) is 11.9. The van der Waals surface area contributed by atoms with Gasteiger partial charge in [-0.1, -0.05) is 18.2 Å². The van der Waals surface area contributed by atoms with E-state index in [9.17, 15) is 13.2 Å². The summed E-state index contributed by atoms with van der Waals surface area (Å²) in [5.74, 6) is 1.31. The summed E-state index contributed by atoms with van der Waals surface area (Å²) in [6.45, 7) is 6.36. The summed E-state index contributed by atoms with van der Waals surface area (Å²) < 4.78 is 43.0. The number of benzene rings is 2. The molecule has 1 aliphatic heterocycles. The Morgan fingerprint density at radius 2 is 1.81 bits per heavy atom. The fourth-order valence-corrected chi connectivity index (χ4v) is 4.48. The number of hydrogen-bond donors (Lipinski definition) is 1. The van der Waals surface area contributed by atoms with Gasteiger partial charge in [0.25, 0.3) is 0 Å². The third-order valence-electron chi connectivity index (χ3n) is 4.84. The summed E-state index contributed by atoms with van der Waals surface area (Å²) in [6, 6.07) is 11.1. The summed E-state index contributed by atoms with van der Waals surface area (Å²) in [6.07, 6.45) is 1.07. The predicted molar refractivity (Wildman–Crippen MR) is 118 cm³/mol. The van der Waals surface area contributed by atoms with Crippen LogP contribution < -0.4 is 23.8 Å². The highest BCUT2D eigenvalue weighted by Crippen LogP contribution is 2.35. The lowest BCUT2D eigenvalue weighted by Gasteiger charge is -2.30. The number of sulfonamides is 1. The Morgan fingerprint density at radius 1 is 1.13 bits per heavy atom. The number of carbonyl (C=O) groups excluding carboxylic acids is 1. The van der Waals surface area contributed by atoms with Crippen molar-refractivity contribution in [2.45, 2.75) is 32.9 Å². The molecule has 1 heterocycles. The molecule has 0 bridgehead atoms. The van der Waals surface area contributed by atoms with Crippen molar-refractivity contribution in [1.29, 1.82) is 0 Å². The molecule has 1 aliphatic rings. The zero-order chi connectivity index (χ0) is 22.6. The van der Waals surface area contributed by atoms with E-state index in [4.69, 9.17) is 14.2 Å². The Kier molecular flexibility index (Phi) is 6.94. The van der Waals surface area contributed by atoms with Gasteiger partial charge in [0, 0.05) is 6.07 Å². The molecular formula is C22H28N2O6S. The molecule has 8 nitrogen and oxygen atoms in total. The topological polar surface area (TPSA) is 94.2 Å². The molecule has 0 radical (unpaired) electrons. The van der Waals surface area contributed by atoms with Gasteiger partial charge in [0.2, 0.25) is 15.9 Å². The molecule has 3 rings (SSSR count). The first-order valence-electron chi connectivity index (χ1n) is 10.0. The maximum atomic E-state index is 12.9. The molecule has 0 fully saturated rings. The number of amides is 1. The van der Waals surface area contributed by atoms with Crippen molar-refractivity contribution < 1.29 is 27.4 Å². The van der Waals surface area contributed by atoms with Crippen LogP contribution in [0, 0.1) is 6.92 Å². The molecular weight excluding hydrogens is 420 g/mol. The van der Waals surface area contributed by atoms with Crippen molar-refractivity contribution >= 4 is 21.6 Å². The Balaban J connectivity index is 1.70. The molecule has 2 unspecified atom stereocenters. The molecule has 0 saturated carbocycles. The molecule has 9 heteroatoms. The van der Waals surface area contributed by atoms with Crippen LogP contribution in [-0.2, 0) is 14.8 Å². The SMILES string of the molecule is Cc1ccccc1OCC(C)NC(=O)C(C)N(c1ccc2c(c1)OCCO2)S(C)(=O)=O.